The molecule has 0 aromatic carbocycles. The maximum atomic E-state index is 8.92. The molecule has 0 aliphatic carbocycles. The Kier molecular flexibility index (Phi) is 4.04. The van der Waals surface area contributed by atoms with Crippen LogP contribution in [0.3, 0.4) is 0 Å². The number of hydrogen-bond donors (Lipinski definition) is 2. The minimum atomic E-state index is 0.117. The van der Waals surface area contributed by atoms with Crippen molar-refractivity contribution >= 4 is 11.3 Å². The smallest absolute Gasteiger partial charge is 0.0900 e. The molecule has 0 amide bonds. The molecule has 1 heterocycles. The number of nitrogens with one attached hydrogen (secondary N) is 1. The van der Waals surface area contributed by atoms with E-state index < -0.39 is 0 Å². The van der Waals surface area contributed by atoms with E-state index in [-0.39, 0.29) is 18.7 Å². The molecule has 0 aliphatic heterocycles. The number of hydrogen-bond acceptors (Lipinski definition) is 4. The van der Waals surface area contributed by atoms with Gasteiger partial charge in [0.2, 0.25) is 0 Å². The minimum absolute atomic E-state index is 0.117. The van der Waals surface area contributed by atoms with Gasteiger partial charge in [0.25, 0.3) is 0 Å². The fraction of sp³-hybridized carbons (Fsp3) is 0.700. The van der Waals surface area contributed by atoms with Gasteiger partial charge in [-0.05, 0) is 27.7 Å². The van der Waals surface area contributed by atoms with E-state index in [0.29, 0.717) is 0 Å². The molecule has 1 rings (SSSR count). The van der Waals surface area contributed by atoms with Gasteiger partial charge in [0.15, 0.2) is 0 Å². The Morgan fingerprint density at radius 2 is 2.07 bits per heavy atom. The molecule has 2 N–H and O–H groups in total. The largest absolute Gasteiger partial charge is 0.395 e. The molecule has 80 valence electrons. The molecule has 3 nitrogen and oxygen atoms in total. The van der Waals surface area contributed by atoms with Gasteiger partial charge in [-0.25, -0.2) is 4.98 Å². The number of aromatic nitrogens is 1. The van der Waals surface area contributed by atoms with E-state index in [1.165, 1.54) is 4.88 Å². The van der Waals surface area contributed by atoms with Crippen LogP contribution in [0.15, 0.2) is 0 Å². The highest BCUT2D eigenvalue weighted by atomic mass is 32.1. The van der Waals surface area contributed by atoms with Crippen molar-refractivity contribution in [2.45, 2.75) is 39.8 Å². The molecule has 0 spiro atoms. The molecule has 0 bridgehead atoms. The first-order valence-electron chi connectivity index (χ1n) is 4.85. The molecule has 0 radical (unpaired) electrons. The highest BCUT2D eigenvalue weighted by Crippen LogP contribution is 2.22. The van der Waals surface area contributed by atoms with Crippen molar-refractivity contribution in [1.82, 2.24) is 10.3 Å². The molecule has 0 saturated heterocycles. The molecule has 1 aromatic rings. The van der Waals surface area contributed by atoms with E-state index >= 15 is 0 Å². The zero-order valence-corrected chi connectivity index (χ0v) is 9.98. The topological polar surface area (TPSA) is 45.2 Å². The molecular formula is C10H18N2OS. The lowest BCUT2D eigenvalue weighted by Crippen LogP contribution is -2.32. The van der Waals surface area contributed by atoms with Gasteiger partial charge in [-0.3, -0.25) is 0 Å². The lowest BCUT2D eigenvalue weighted by molar-refractivity contribution is 0.242. The van der Waals surface area contributed by atoms with E-state index in [0.717, 1.165) is 10.7 Å². The second-order valence-corrected chi connectivity index (χ2v) is 5.05. The maximum absolute atomic E-state index is 8.92. The van der Waals surface area contributed by atoms with E-state index in [1.807, 2.05) is 13.8 Å². The van der Waals surface area contributed by atoms with Crippen LogP contribution in [0.5, 0.6) is 0 Å². The highest BCUT2D eigenvalue weighted by molar-refractivity contribution is 7.11. The second kappa shape index (κ2) is 4.87. The summed E-state index contributed by atoms with van der Waals surface area (Å²) in [6, 6.07) is 0.327. The number of aryl methyl sites for hydroxylation is 2. The number of aliphatic hydroxyl groups excluding tert-OH is 1. The summed E-state index contributed by atoms with van der Waals surface area (Å²) in [5, 5.41) is 13.3. The summed E-state index contributed by atoms with van der Waals surface area (Å²) in [5.74, 6) is 0. The van der Waals surface area contributed by atoms with Gasteiger partial charge in [0.05, 0.1) is 17.3 Å². The Bertz CT molecular complexity index is 298. The van der Waals surface area contributed by atoms with Crippen LogP contribution in [-0.4, -0.2) is 22.7 Å². The third-order valence-electron chi connectivity index (χ3n) is 2.16. The summed E-state index contributed by atoms with van der Waals surface area (Å²) in [4.78, 5) is 5.73. The average Bonchev–Trinajstić information content (AvgIpc) is 2.45. The van der Waals surface area contributed by atoms with Gasteiger partial charge in [0.1, 0.15) is 0 Å². The molecular weight excluding hydrogens is 196 g/mol. The normalized spacial score (nSPS) is 15.5. The number of aliphatic hydroxyl groups is 1. The van der Waals surface area contributed by atoms with Crippen LogP contribution in [0.4, 0.5) is 0 Å². The number of nitrogens with zero attached hydrogens (tertiary/aromatic N) is 1. The van der Waals surface area contributed by atoms with Crippen molar-refractivity contribution < 1.29 is 5.11 Å². The summed E-state index contributed by atoms with van der Waals surface area (Å²) in [7, 11) is 0. The van der Waals surface area contributed by atoms with Gasteiger partial charge < -0.3 is 10.4 Å². The van der Waals surface area contributed by atoms with Crippen LogP contribution in [0, 0.1) is 13.8 Å². The predicted molar refractivity (Wildman–Crippen MR) is 59.7 cm³/mol. The molecule has 14 heavy (non-hydrogen) atoms. The Hall–Kier alpha value is -0.450. The lowest BCUT2D eigenvalue weighted by atomic mass is 10.2. The van der Waals surface area contributed by atoms with Crippen LogP contribution in [-0.2, 0) is 0 Å². The minimum Gasteiger partial charge on any atom is -0.395 e. The van der Waals surface area contributed by atoms with E-state index in [2.05, 4.69) is 24.1 Å². The maximum Gasteiger partial charge on any atom is 0.0900 e. The molecule has 1 aromatic heterocycles. The zero-order valence-electron chi connectivity index (χ0n) is 9.16. The summed E-state index contributed by atoms with van der Waals surface area (Å²) < 4.78 is 0. The van der Waals surface area contributed by atoms with Crippen LogP contribution < -0.4 is 5.32 Å². The van der Waals surface area contributed by atoms with Crippen molar-refractivity contribution in [2.24, 2.45) is 0 Å². The van der Waals surface area contributed by atoms with E-state index in [4.69, 9.17) is 5.11 Å². The van der Waals surface area contributed by atoms with Crippen LogP contribution in [0.1, 0.15) is 35.5 Å². The quantitative estimate of drug-likeness (QED) is 0.803. The molecule has 0 saturated carbocycles. The molecule has 0 fully saturated rings. The highest BCUT2D eigenvalue weighted by Gasteiger charge is 2.14. The van der Waals surface area contributed by atoms with Gasteiger partial charge >= 0.3 is 0 Å². The average molecular weight is 214 g/mol. The van der Waals surface area contributed by atoms with E-state index in [1.54, 1.807) is 11.3 Å². The Labute approximate surface area is 89.2 Å². The first-order chi connectivity index (χ1) is 6.54. The van der Waals surface area contributed by atoms with Crippen molar-refractivity contribution in [1.29, 1.82) is 0 Å². The first-order valence-corrected chi connectivity index (χ1v) is 5.67. The number of rotatable bonds is 4. The molecule has 2 unspecified atom stereocenters. The SMILES string of the molecule is Cc1nc(C(C)NC(C)CO)c(C)s1. The molecule has 2 atom stereocenters. The fourth-order valence-electron chi connectivity index (χ4n) is 1.51. The predicted octanol–water partition coefficient (Wildman–Crippen LogP) is 1.79. The summed E-state index contributed by atoms with van der Waals surface area (Å²) in [6.07, 6.45) is 0. The Balaban J connectivity index is 2.69. The van der Waals surface area contributed by atoms with Crippen LogP contribution in [0.25, 0.3) is 0 Å². The summed E-state index contributed by atoms with van der Waals surface area (Å²) in [6.45, 7) is 8.30. The van der Waals surface area contributed by atoms with E-state index in [9.17, 15) is 0 Å². The Morgan fingerprint density at radius 1 is 1.43 bits per heavy atom. The summed E-state index contributed by atoms with van der Waals surface area (Å²) >= 11 is 1.72. The van der Waals surface area contributed by atoms with Crippen molar-refractivity contribution in [3.63, 3.8) is 0 Å². The summed E-state index contributed by atoms with van der Waals surface area (Å²) in [5.41, 5.74) is 1.10. The zero-order chi connectivity index (χ0) is 10.7. The van der Waals surface area contributed by atoms with Crippen molar-refractivity contribution in [3.05, 3.63) is 15.6 Å². The van der Waals surface area contributed by atoms with Crippen molar-refractivity contribution in [2.75, 3.05) is 6.61 Å². The third kappa shape index (κ3) is 2.77. The third-order valence-corrected chi connectivity index (χ3v) is 3.06. The van der Waals surface area contributed by atoms with Crippen molar-refractivity contribution in [3.8, 4) is 0 Å². The second-order valence-electron chi connectivity index (χ2n) is 3.65. The fourth-order valence-corrected chi connectivity index (χ4v) is 2.42. The Morgan fingerprint density at radius 3 is 2.50 bits per heavy atom. The lowest BCUT2D eigenvalue weighted by Gasteiger charge is -2.17. The van der Waals surface area contributed by atoms with Crippen LogP contribution in [0.2, 0.25) is 0 Å². The first kappa shape index (κ1) is 11.6. The van der Waals surface area contributed by atoms with Gasteiger partial charge in [-0.2, -0.15) is 0 Å². The standard InChI is InChI=1S/C10H18N2OS/c1-6(5-13)11-7(2)10-8(3)14-9(4)12-10/h6-7,11,13H,5H2,1-4H3. The molecule has 4 heteroatoms. The molecule has 0 aliphatic rings. The van der Waals surface area contributed by atoms with Gasteiger partial charge in [0, 0.05) is 17.0 Å². The van der Waals surface area contributed by atoms with Gasteiger partial charge in [-0.15, -0.1) is 11.3 Å². The number of thiazole rings is 1. The van der Waals surface area contributed by atoms with Gasteiger partial charge in [-0.1, -0.05) is 0 Å². The monoisotopic (exact) mass is 214 g/mol. The van der Waals surface area contributed by atoms with Crippen LogP contribution >= 0.6 is 11.3 Å².